The number of hydrogen-bond donors (Lipinski definition) is 2. The lowest BCUT2D eigenvalue weighted by Gasteiger charge is -2.18. The van der Waals surface area contributed by atoms with Gasteiger partial charge < -0.3 is 20.7 Å². The average Bonchev–Trinajstić information content (AvgIpc) is 2.48. The number of carbonyl (C=O) groups is 2. The van der Waals surface area contributed by atoms with Gasteiger partial charge in [0.1, 0.15) is 5.02 Å². The van der Waals surface area contributed by atoms with Crippen LogP contribution in [0, 0.1) is 0 Å². The second-order valence-electron chi connectivity index (χ2n) is 4.72. The number of hydrogen-bond acceptors (Lipinski definition) is 5. The van der Waals surface area contributed by atoms with Crippen molar-refractivity contribution in [3.05, 3.63) is 22.7 Å². The molecule has 1 aromatic rings. The lowest BCUT2D eigenvalue weighted by Crippen LogP contribution is -2.35. The molecule has 122 valence electrons. The SMILES string of the molecule is CCN(CC)CCNC(=O)c1ccc(N)c(Cl)c1OC(C)=O. The van der Waals surface area contributed by atoms with Gasteiger partial charge in [0.05, 0.1) is 11.3 Å². The van der Waals surface area contributed by atoms with Gasteiger partial charge in [-0.1, -0.05) is 25.4 Å². The molecule has 0 aliphatic rings. The highest BCUT2D eigenvalue weighted by Gasteiger charge is 2.19. The zero-order chi connectivity index (χ0) is 16.7. The third kappa shape index (κ3) is 4.89. The van der Waals surface area contributed by atoms with Gasteiger partial charge in [0, 0.05) is 20.0 Å². The van der Waals surface area contributed by atoms with Gasteiger partial charge in [0.2, 0.25) is 0 Å². The van der Waals surface area contributed by atoms with Crippen LogP contribution in [0.3, 0.4) is 0 Å². The van der Waals surface area contributed by atoms with Crippen LogP contribution in [0.15, 0.2) is 12.1 Å². The molecule has 1 rings (SSSR count). The van der Waals surface area contributed by atoms with Crippen molar-refractivity contribution in [2.75, 3.05) is 31.9 Å². The molecule has 22 heavy (non-hydrogen) atoms. The molecule has 1 amide bonds. The number of benzene rings is 1. The van der Waals surface area contributed by atoms with Crippen molar-refractivity contribution in [2.45, 2.75) is 20.8 Å². The number of nitrogens with zero attached hydrogens (tertiary/aromatic N) is 1. The Morgan fingerprint density at radius 2 is 1.95 bits per heavy atom. The summed E-state index contributed by atoms with van der Waals surface area (Å²) in [5.74, 6) is -0.926. The van der Waals surface area contributed by atoms with Gasteiger partial charge in [-0.05, 0) is 25.2 Å². The van der Waals surface area contributed by atoms with E-state index in [1.807, 2.05) is 0 Å². The maximum Gasteiger partial charge on any atom is 0.308 e. The van der Waals surface area contributed by atoms with E-state index in [0.29, 0.717) is 6.54 Å². The van der Waals surface area contributed by atoms with Gasteiger partial charge in [-0.3, -0.25) is 9.59 Å². The largest absolute Gasteiger partial charge is 0.424 e. The molecule has 0 unspecified atom stereocenters. The summed E-state index contributed by atoms with van der Waals surface area (Å²) in [4.78, 5) is 25.6. The van der Waals surface area contributed by atoms with Crippen LogP contribution < -0.4 is 15.8 Å². The lowest BCUT2D eigenvalue weighted by molar-refractivity contribution is -0.131. The number of halogens is 1. The van der Waals surface area contributed by atoms with Gasteiger partial charge in [0.25, 0.3) is 5.91 Å². The number of nitrogens with one attached hydrogen (secondary N) is 1. The van der Waals surface area contributed by atoms with Crippen molar-refractivity contribution in [1.82, 2.24) is 10.2 Å². The smallest absolute Gasteiger partial charge is 0.308 e. The summed E-state index contributed by atoms with van der Waals surface area (Å²) < 4.78 is 5.03. The Hall–Kier alpha value is -1.79. The second kappa shape index (κ2) is 8.60. The Kier molecular flexibility index (Phi) is 7.14. The Balaban J connectivity index is 2.84. The minimum absolute atomic E-state index is 0.00509. The summed E-state index contributed by atoms with van der Waals surface area (Å²) in [6, 6.07) is 3.00. The van der Waals surface area contributed by atoms with Crippen molar-refractivity contribution in [3.8, 4) is 5.75 Å². The van der Waals surface area contributed by atoms with E-state index in [1.165, 1.54) is 19.1 Å². The fourth-order valence-electron chi connectivity index (χ4n) is 1.96. The van der Waals surface area contributed by atoms with Crippen LogP contribution in [0.4, 0.5) is 5.69 Å². The summed E-state index contributed by atoms with van der Waals surface area (Å²) in [6.45, 7) is 8.42. The van der Waals surface area contributed by atoms with Gasteiger partial charge in [-0.2, -0.15) is 0 Å². The van der Waals surface area contributed by atoms with E-state index in [0.717, 1.165) is 19.6 Å². The van der Waals surface area contributed by atoms with Crippen LogP contribution >= 0.6 is 11.6 Å². The summed E-state index contributed by atoms with van der Waals surface area (Å²) >= 11 is 6.03. The summed E-state index contributed by atoms with van der Waals surface area (Å²) in [6.07, 6.45) is 0. The van der Waals surface area contributed by atoms with Crippen LogP contribution in [0.2, 0.25) is 5.02 Å². The number of likely N-dealkylation sites (N-methyl/N-ethyl adjacent to an activating group) is 1. The Morgan fingerprint density at radius 3 is 2.50 bits per heavy atom. The van der Waals surface area contributed by atoms with E-state index in [9.17, 15) is 9.59 Å². The molecule has 6 nitrogen and oxygen atoms in total. The fraction of sp³-hybridized carbons (Fsp3) is 0.467. The van der Waals surface area contributed by atoms with Crippen molar-refractivity contribution in [1.29, 1.82) is 0 Å². The first kappa shape index (κ1) is 18.3. The molecule has 1 aromatic carbocycles. The number of rotatable bonds is 7. The maximum absolute atomic E-state index is 12.2. The normalized spacial score (nSPS) is 10.6. The van der Waals surface area contributed by atoms with E-state index in [1.54, 1.807) is 0 Å². The molecule has 0 saturated heterocycles. The standard InChI is InChI=1S/C15H22ClN3O3/c1-4-19(5-2)9-8-18-15(21)11-6-7-12(17)13(16)14(11)22-10(3)20/h6-7H,4-5,8-9,17H2,1-3H3,(H,18,21). The molecule has 0 radical (unpaired) electrons. The number of nitrogen functional groups attached to an aromatic ring is 1. The van der Waals surface area contributed by atoms with Crippen molar-refractivity contribution in [3.63, 3.8) is 0 Å². The fourth-order valence-corrected chi connectivity index (χ4v) is 2.16. The van der Waals surface area contributed by atoms with Gasteiger partial charge in [-0.25, -0.2) is 0 Å². The topological polar surface area (TPSA) is 84.7 Å². The minimum Gasteiger partial charge on any atom is -0.424 e. The highest BCUT2D eigenvalue weighted by Crippen LogP contribution is 2.34. The highest BCUT2D eigenvalue weighted by molar-refractivity contribution is 6.35. The second-order valence-corrected chi connectivity index (χ2v) is 5.10. The van der Waals surface area contributed by atoms with E-state index in [-0.39, 0.29) is 27.9 Å². The lowest BCUT2D eigenvalue weighted by atomic mass is 10.1. The summed E-state index contributed by atoms with van der Waals surface area (Å²) in [7, 11) is 0. The van der Waals surface area contributed by atoms with E-state index in [2.05, 4.69) is 24.1 Å². The Morgan fingerprint density at radius 1 is 1.32 bits per heavy atom. The minimum atomic E-state index is -0.565. The van der Waals surface area contributed by atoms with E-state index >= 15 is 0 Å². The van der Waals surface area contributed by atoms with Crippen molar-refractivity contribution < 1.29 is 14.3 Å². The Bertz CT molecular complexity index is 545. The van der Waals surface area contributed by atoms with Crippen LogP contribution in [-0.2, 0) is 4.79 Å². The maximum atomic E-state index is 12.2. The zero-order valence-electron chi connectivity index (χ0n) is 13.1. The quantitative estimate of drug-likeness (QED) is 0.454. The van der Waals surface area contributed by atoms with Crippen molar-refractivity contribution in [2.24, 2.45) is 0 Å². The van der Waals surface area contributed by atoms with Crippen molar-refractivity contribution >= 4 is 29.2 Å². The molecule has 7 heteroatoms. The van der Waals surface area contributed by atoms with Gasteiger partial charge >= 0.3 is 5.97 Å². The molecule has 0 saturated carbocycles. The third-order valence-corrected chi connectivity index (χ3v) is 3.62. The van der Waals surface area contributed by atoms with Crippen LogP contribution in [0.25, 0.3) is 0 Å². The summed E-state index contributed by atoms with van der Waals surface area (Å²) in [5.41, 5.74) is 6.12. The molecule has 0 aromatic heterocycles. The molecule has 0 fully saturated rings. The average molecular weight is 328 g/mol. The molecular weight excluding hydrogens is 306 g/mol. The van der Waals surface area contributed by atoms with Crippen LogP contribution in [-0.4, -0.2) is 43.0 Å². The molecule has 3 N–H and O–H groups in total. The first-order chi connectivity index (χ1) is 10.4. The first-order valence-corrected chi connectivity index (χ1v) is 7.55. The molecule has 0 bridgehead atoms. The first-order valence-electron chi connectivity index (χ1n) is 7.17. The predicted octanol–water partition coefficient (Wildman–Crippen LogP) is 1.92. The molecule has 0 heterocycles. The Labute approximate surface area is 135 Å². The molecule has 0 spiro atoms. The number of carbonyl (C=O) groups excluding carboxylic acids is 2. The zero-order valence-corrected chi connectivity index (χ0v) is 13.9. The molecular formula is C15H22ClN3O3. The van der Waals surface area contributed by atoms with Crippen LogP contribution in [0.5, 0.6) is 5.75 Å². The number of anilines is 1. The predicted molar refractivity (Wildman–Crippen MR) is 87.3 cm³/mol. The highest BCUT2D eigenvalue weighted by atomic mass is 35.5. The summed E-state index contributed by atoms with van der Waals surface area (Å²) in [5, 5.41) is 2.85. The van der Waals surface area contributed by atoms with E-state index < -0.39 is 5.97 Å². The number of nitrogens with two attached hydrogens (primary N) is 1. The molecule has 0 aliphatic carbocycles. The number of amides is 1. The van der Waals surface area contributed by atoms with E-state index in [4.69, 9.17) is 22.1 Å². The third-order valence-electron chi connectivity index (χ3n) is 3.23. The van der Waals surface area contributed by atoms with Gasteiger partial charge in [-0.15, -0.1) is 0 Å². The molecule has 0 aliphatic heterocycles. The monoisotopic (exact) mass is 327 g/mol. The number of ether oxygens (including phenoxy) is 1. The van der Waals surface area contributed by atoms with Crippen LogP contribution in [0.1, 0.15) is 31.1 Å². The molecule has 0 atom stereocenters. The number of esters is 1. The van der Waals surface area contributed by atoms with Gasteiger partial charge in [0.15, 0.2) is 5.75 Å².